The SMILES string of the molecule is CC1Cc2cc(S(=O)(=O)NC3CC4CCC(C3)N4)ccc2O1.Cl. The molecule has 1 aromatic carbocycles. The molecule has 2 bridgehead atoms. The lowest BCUT2D eigenvalue weighted by Crippen LogP contribution is -2.47. The van der Waals surface area contributed by atoms with E-state index in [9.17, 15) is 8.42 Å². The van der Waals surface area contributed by atoms with Crippen LogP contribution in [0.5, 0.6) is 5.75 Å². The lowest BCUT2D eigenvalue weighted by molar-refractivity contribution is 0.254. The minimum Gasteiger partial charge on any atom is -0.490 e. The molecular formula is C16H23ClN2O3S. The molecule has 3 aliphatic heterocycles. The molecule has 2 saturated heterocycles. The van der Waals surface area contributed by atoms with Gasteiger partial charge in [0, 0.05) is 24.5 Å². The average Bonchev–Trinajstić information content (AvgIpc) is 2.98. The summed E-state index contributed by atoms with van der Waals surface area (Å²) in [4.78, 5) is 0.356. The largest absolute Gasteiger partial charge is 0.490 e. The Kier molecular flexibility index (Phi) is 4.62. The topological polar surface area (TPSA) is 67.4 Å². The first-order chi connectivity index (χ1) is 10.5. The van der Waals surface area contributed by atoms with Crippen LogP contribution < -0.4 is 14.8 Å². The third-order valence-electron chi connectivity index (χ3n) is 4.97. The van der Waals surface area contributed by atoms with E-state index in [-0.39, 0.29) is 24.6 Å². The third kappa shape index (κ3) is 3.36. The van der Waals surface area contributed by atoms with E-state index < -0.39 is 10.0 Å². The highest BCUT2D eigenvalue weighted by atomic mass is 35.5. The number of ether oxygens (including phenoxy) is 1. The fraction of sp³-hybridized carbons (Fsp3) is 0.625. The highest BCUT2D eigenvalue weighted by Crippen LogP contribution is 2.31. The van der Waals surface area contributed by atoms with E-state index in [4.69, 9.17) is 4.74 Å². The average molecular weight is 359 g/mol. The van der Waals surface area contributed by atoms with Gasteiger partial charge >= 0.3 is 0 Å². The minimum atomic E-state index is -3.45. The molecule has 3 unspecified atom stereocenters. The molecule has 5 nitrogen and oxygen atoms in total. The molecule has 128 valence electrons. The highest BCUT2D eigenvalue weighted by Gasteiger charge is 2.35. The number of sulfonamides is 1. The van der Waals surface area contributed by atoms with Gasteiger partial charge in [-0.05, 0) is 56.4 Å². The second-order valence-electron chi connectivity index (χ2n) is 6.83. The zero-order valence-electron chi connectivity index (χ0n) is 13.1. The van der Waals surface area contributed by atoms with Crippen molar-refractivity contribution in [1.82, 2.24) is 10.0 Å². The van der Waals surface area contributed by atoms with Gasteiger partial charge < -0.3 is 10.1 Å². The molecule has 3 heterocycles. The van der Waals surface area contributed by atoms with Gasteiger partial charge in [-0.1, -0.05) is 0 Å². The summed E-state index contributed by atoms with van der Waals surface area (Å²) in [7, 11) is -3.45. The van der Waals surface area contributed by atoms with E-state index in [0.717, 1.165) is 43.4 Å². The van der Waals surface area contributed by atoms with Crippen LogP contribution in [0.25, 0.3) is 0 Å². The Labute approximate surface area is 143 Å². The molecule has 2 N–H and O–H groups in total. The van der Waals surface area contributed by atoms with Crippen LogP contribution in [0.3, 0.4) is 0 Å². The van der Waals surface area contributed by atoms with Crippen LogP contribution in [-0.4, -0.2) is 32.6 Å². The summed E-state index contributed by atoms with van der Waals surface area (Å²) in [6.07, 6.45) is 5.01. The Morgan fingerprint density at radius 3 is 2.61 bits per heavy atom. The number of halogens is 1. The van der Waals surface area contributed by atoms with E-state index >= 15 is 0 Å². The number of nitrogens with one attached hydrogen (secondary N) is 2. The van der Waals surface area contributed by atoms with Gasteiger partial charge in [0.1, 0.15) is 11.9 Å². The molecule has 4 rings (SSSR count). The summed E-state index contributed by atoms with van der Waals surface area (Å²) >= 11 is 0. The maximum atomic E-state index is 12.6. The fourth-order valence-electron chi connectivity index (χ4n) is 4.01. The molecule has 0 aliphatic carbocycles. The monoisotopic (exact) mass is 358 g/mol. The van der Waals surface area contributed by atoms with E-state index in [1.165, 1.54) is 0 Å². The number of hydrogen-bond acceptors (Lipinski definition) is 4. The Morgan fingerprint density at radius 1 is 1.22 bits per heavy atom. The summed E-state index contributed by atoms with van der Waals surface area (Å²) in [6.45, 7) is 2.00. The predicted molar refractivity (Wildman–Crippen MR) is 90.8 cm³/mol. The first-order valence-corrected chi connectivity index (χ1v) is 9.56. The molecule has 3 aliphatic rings. The first-order valence-electron chi connectivity index (χ1n) is 8.07. The van der Waals surface area contributed by atoms with Gasteiger partial charge in [-0.15, -0.1) is 12.4 Å². The van der Waals surface area contributed by atoms with Crippen LogP contribution in [-0.2, 0) is 16.4 Å². The van der Waals surface area contributed by atoms with Crippen molar-refractivity contribution < 1.29 is 13.2 Å². The molecule has 0 amide bonds. The lowest BCUT2D eigenvalue weighted by Gasteiger charge is -2.29. The van der Waals surface area contributed by atoms with Crippen molar-refractivity contribution in [3.05, 3.63) is 23.8 Å². The molecular weight excluding hydrogens is 336 g/mol. The van der Waals surface area contributed by atoms with Crippen LogP contribution in [0.2, 0.25) is 0 Å². The van der Waals surface area contributed by atoms with E-state index in [1.807, 2.05) is 6.92 Å². The van der Waals surface area contributed by atoms with Crippen LogP contribution >= 0.6 is 12.4 Å². The van der Waals surface area contributed by atoms with Crippen molar-refractivity contribution in [2.45, 2.75) is 68.2 Å². The molecule has 7 heteroatoms. The Balaban J connectivity index is 0.00000156. The molecule has 23 heavy (non-hydrogen) atoms. The molecule has 0 spiro atoms. The van der Waals surface area contributed by atoms with Gasteiger partial charge in [-0.2, -0.15) is 0 Å². The summed E-state index contributed by atoms with van der Waals surface area (Å²) in [5.74, 6) is 0.811. The minimum absolute atomic E-state index is 0. The Morgan fingerprint density at radius 2 is 1.91 bits per heavy atom. The van der Waals surface area contributed by atoms with Crippen molar-refractivity contribution in [2.24, 2.45) is 0 Å². The molecule has 3 atom stereocenters. The summed E-state index contributed by atoms with van der Waals surface area (Å²) in [5, 5.41) is 3.53. The van der Waals surface area contributed by atoms with Gasteiger partial charge in [0.15, 0.2) is 0 Å². The summed E-state index contributed by atoms with van der Waals surface area (Å²) in [6, 6.07) is 6.18. The van der Waals surface area contributed by atoms with Gasteiger partial charge in [-0.3, -0.25) is 0 Å². The highest BCUT2D eigenvalue weighted by molar-refractivity contribution is 7.89. The van der Waals surface area contributed by atoms with E-state index in [0.29, 0.717) is 17.0 Å². The first kappa shape index (κ1) is 17.0. The third-order valence-corrected chi connectivity index (χ3v) is 6.49. The zero-order valence-corrected chi connectivity index (χ0v) is 14.8. The number of piperidine rings is 1. The molecule has 1 aromatic rings. The van der Waals surface area contributed by atoms with Gasteiger partial charge in [0.05, 0.1) is 4.90 Å². The molecule has 0 radical (unpaired) electrons. The van der Waals surface area contributed by atoms with Gasteiger partial charge in [0.25, 0.3) is 0 Å². The Hall–Kier alpha value is -0.820. The van der Waals surface area contributed by atoms with E-state index in [2.05, 4.69) is 10.0 Å². The van der Waals surface area contributed by atoms with Crippen LogP contribution in [0, 0.1) is 0 Å². The van der Waals surface area contributed by atoms with Crippen LogP contribution in [0.15, 0.2) is 23.1 Å². The Bertz CT molecular complexity index is 683. The molecule has 0 aromatic heterocycles. The van der Waals surface area contributed by atoms with Crippen molar-refractivity contribution >= 4 is 22.4 Å². The standard InChI is InChI=1S/C16H22N2O3S.ClH/c1-10-6-11-7-15(4-5-16(11)21-10)22(19,20)18-14-8-12-2-3-13(9-14)17-12;/h4-5,7,10,12-14,17-18H,2-3,6,8-9H2,1H3;1H. The number of benzene rings is 1. The van der Waals surface area contributed by atoms with Crippen LogP contribution in [0.1, 0.15) is 38.2 Å². The number of rotatable bonds is 3. The number of fused-ring (bicyclic) bond motifs is 3. The predicted octanol–water partition coefficient (Wildman–Crippen LogP) is 1.99. The normalized spacial score (nSPS) is 32.0. The van der Waals surface area contributed by atoms with Crippen molar-refractivity contribution in [3.8, 4) is 5.75 Å². The zero-order chi connectivity index (χ0) is 15.3. The second kappa shape index (κ2) is 6.24. The van der Waals surface area contributed by atoms with Crippen LogP contribution in [0.4, 0.5) is 0 Å². The van der Waals surface area contributed by atoms with Crippen molar-refractivity contribution in [2.75, 3.05) is 0 Å². The van der Waals surface area contributed by atoms with Crippen molar-refractivity contribution in [1.29, 1.82) is 0 Å². The van der Waals surface area contributed by atoms with Gasteiger partial charge in [-0.25, -0.2) is 13.1 Å². The second-order valence-corrected chi connectivity index (χ2v) is 8.54. The van der Waals surface area contributed by atoms with Gasteiger partial charge in [0.2, 0.25) is 10.0 Å². The summed E-state index contributed by atoms with van der Waals surface area (Å²) < 4.78 is 33.8. The smallest absolute Gasteiger partial charge is 0.240 e. The number of hydrogen-bond donors (Lipinski definition) is 2. The quantitative estimate of drug-likeness (QED) is 0.867. The fourth-order valence-corrected chi connectivity index (χ4v) is 5.32. The molecule has 0 saturated carbocycles. The maximum Gasteiger partial charge on any atom is 0.240 e. The van der Waals surface area contributed by atoms with E-state index in [1.54, 1.807) is 18.2 Å². The van der Waals surface area contributed by atoms with Crippen molar-refractivity contribution in [3.63, 3.8) is 0 Å². The maximum absolute atomic E-state index is 12.6. The molecule has 2 fully saturated rings. The summed E-state index contributed by atoms with van der Waals surface area (Å²) in [5.41, 5.74) is 0.987. The lowest BCUT2D eigenvalue weighted by atomic mass is 10.0.